The van der Waals surface area contributed by atoms with E-state index in [-0.39, 0.29) is 49.6 Å². The number of hydrogen-bond acceptors (Lipinski definition) is 5. The molecule has 10 heteroatoms. The van der Waals surface area contributed by atoms with Crippen molar-refractivity contribution in [1.82, 2.24) is 10.2 Å². The maximum Gasteiger partial charge on any atom is 0.243 e. The van der Waals surface area contributed by atoms with Gasteiger partial charge in [-0.15, -0.1) is 0 Å². The number of hydrogen-bond donors (Lipinski definition) is 1. The first-order valence-corrected chi connectivity index (χ1v) is 14.9. The van der Waals surface area contributed by atoms with Gasteiger partial charge < -0.3 is 15.0 Å². The van der Waals surface area contributed by atoms with Gasteiger partial charge in [0.25, 0.3) is 0 Å². The van der Waals surface area contributed by atoms with Crippen molar-refractivity contribution in [3.63, 3.8) is 0 Å². The first kappa shape index (κ1) is 29.4. The van der Waals surface area contributed by atoms with E-state index >= 15 is 0 Å². The van der Waals surface area contributed by atoms with E-state index in [1.807, 2.05) is 6.92 Å². The molecule has 2 aromatic carbocycles. The van der Waals surface area contributed by atoms with E-state index in [4.69, 9.17) is 4.74 Å². The smallest absolute Gasteiger partial charge is 0.243 e. The van der Waals surface area contributed by atoms with Crippen molar-refractivity contribution in [2.45, 2.75) is 70.5 Å². The largest absolute Gasteiger partial charge is 0.495 e. The highest BCUT2D eigenvalue weighted by atomic mass is 32.2. The molecule has 0 aromatic heterocycles. The fraction of sp³-hybridized carbons (Fsp3) is 0.500. The van der Waals surface area contributed by atoms with Gasteiger partial charge in [0.05, 0.1) is 19.1 Å². The summed E-state index contributed by atoms with van der Waals surface area (Å²) in [7, 11) is -2.17. The molecule has 1 atom stereocenters. The standard InChI is InChI=1S/C28H38FN3O5S/c1-4-24(28(34)30-23-10-5-6-11-23)31(20-21-15-17-22(29)18-16-21)27(33)14-9-19-32(38(3,35)36)25-12-7-8-13-26(25)37-2/h7-8,12-13,15-18,23-24H,4-6,9-11,14,19-20H2,1-3H3,(H,30,34)/t24-/m0/s1. The number of para-hydroxylation sites is 2. The molecule has 0 aliphatic heterocycles. The lowest BCUT2D eigenvalue weighted by atomic mass is 10.1. The SMILES string of the molecule is CC[C@@H](C(=O)NC1CCCC1)N(Cc1ccc(F)cc1)C(=O)CCCN(c1ccccc1OC)S(C)(=O)=O. The van der Waals surface area contributed by atoms with E-state index < -0.39 is 16.1 Å². The number of amides is 2. The molecule has 0 radical (unpaired) electrons. The number of carbonyl (C=O) groups excluding carboxylic acids is 2. The second kappa shape index (κ2) is 13.6. The number of benzene rings is 2. The van der Waals surface area contributed by atoms with Gasteiger partial charge in [0.2, 0.25) is 21.8 Å². The molecule has 1 aliphatic rings. The summed E-state index contributed by atoms with van der Waals surface area (Å²) < 4.78 is 45.2. The van der Waals surface area contributed by atoms with Gasteiger partial charge in [-0.1, -0.05) is 44.0 Å². The Morgan fingerprint density at radius 1 is 1.11 bits per heavy atom. The van der Waals surface area contributed by atoms with Crippen LogP contribution in [0.25, 0.3) is 0 Å². The van der Waals surface area contributed by atoms with Crippen molar-refractivity contribution < 1.29 is 27.1 Å². The van der Waals surface area contributed by atoms with Crippen molar-refractivity contribution in [3.05, 3.63) is 59.9 Å². The third-order valence-electron chi connectivity index (χ3n) is 6.86. The molecule has 2 aromatic rings. The molecule has 1 saturated carbocycles. The molecule has 0 unspecified atom stereocenters. The molecule has 0 spiro atoms. The van der Waals surface area contributed by atoms with Gasteiger partial charge in [0, 0.05) is 25.6 Å². The summed E-state index contributed by atoms with van der Waals surface area (Å²) >= 11 is 0. The van der Waals surface area contributed by atoms with Crippen LogP contribution in [0.4, 0.5) is 10.1 Å². The second-order valence-electron chi connectivity index (χ2n) is 9.67. The number of nitrogens with one attached hydrogen (secondary N) is 1. The number of sulfonamides is 1. The molecule has 1 aliphatic carbocycles. The number of anilines is 1. The monoisotopic (exact) mass is 547 g/mol. The Bertz CT molecular complexity index is 1180. The topological polar surface area (TPSA) is 96.0 Å². The molecule has 0 saturated heterocycles. The summed E-state index contributed by atoms with van der Waals surface area (Å²) in [6.45, 7) is 2.08. The minimum atomic E-state index is -3.64. The Balaban J connectivity index is 1.77. The van der Waals surface area contributed by atoms with Gasteiger partial charge in [-0.2, -0.15) is 0 Å². The Labute approximate surface area is 225 Å². The molecular weight excluding hydrogens is 509 g/mol. The van der Waals surface area contributed by atoms with E-state index in [0.717, 1.165) is 31.9 Å². The van der Waals surface area contributed by atoms with Crippen LogP contribution in [-0.2, 0) is 26.2 Å². The average Bonchev–Trinajstić information content (AvgIpc) is 3.40. The normalized spacial score (nSPS) is 14.6. The van der Waals surface area contributed by atoms with Crippen LogP contribution in [0.3, 0.4) is 0 Å². The Kier molecular flexibility index (Phi) is 10.5. The highest BCUT2D eigenvalue weighted by molar-refractivity contribution is 7.92. The fourth-order valence-corrected chi connectivity index (χ4v) is 5.86. The zero-order chi connectivity index (χ0) is 27.7. The summed E-state index contributed by atoms with van der Waals surface area (Å²) in [6.07, 6.45) is 5.81. The van der Waals surface area contributed by atoms with Crippen LogP contribution in [0, 0.1) is 5.82 Å². The molecule has 1 N–H and O–H groups in total. The van der Waals surface area contributed by atoms with Crippen molar-refractivity contribution in [3.8, 4) is 5.75 Å². The zero-order valence-corrected chi connectivity index (χ0v) is 23.2. The van der Waals surface area contributed by atoms with Gasteiger partial charge in [0.1, 0.15) is 17.6 Å². The van der Waals surface area contributed by atoms with Gasteiger partial charge >= 0.3 is 0 Å². The molecular formula is C28H38FN3O5S. The van der Waals surface area contributed by atoms with Crippen molar-refractivity contribution >= 4 is 27.5 Å². The molecule has 2 amide bonds. The van der Waals surface area contributed by atoms with E-state index in [1.54, 1.807) is 36.4 Å². The summed E-state index contributed by atoms with van der Waals surface area (Å²) in [5.41, 5.74) is 1.11. The first-order valence-electron chi connectivity index (χ1n) is 13.1. The highest BCUT2D eigenvalue weighted by Crippen LogP contribution is 2.30. The summed E-state index contributed by atoms with van der Waals surface area (Å²) in [6, 6.07) is 12.1. The minimum Gasteiger partial charge on any atom is -0.495 e. The number of rotatable bonds is 13. The average molecular weight is 548 g/mol. The van der Waals surface area contributed by atoms with Crippen LogP contribution >= 0.6 is 0 Å². The lowest BCUT2D eigenvalue weighted by Gasteiger charge is -2.32. The van der Waals surface area contributed by atoms with Gasteiger partial charge in [-0.3, -0.25) is 13.9 Å². The van der Waals surface area contributed by atoms with Crippen LogP contribution in [0.5, 0.6) is 5.75 Å². The lowest BCUT2D eigenvalue weighted by Crippen LogP contribution is -2.51. The van der Waals surface area contributed by atoms with Crippen LogP contribution in [0.15, 0.2) is 48.5 Å². The fourth-order valence-electron chi connectivity index (χ4n) is 4.89. The quantitative estimate of drug-likeness (QED) is 0.405. The molecule has 0 bridgehead atoms. The number of ether oxygens (including phenoxy) is 1. The van der Waals surface area contributed by atoms with Crippen molar-refractivity contribution in [1.29, 1.82) is 0 Å². The van der Waals surface area contributed by atoms with Crippen LogP contribution in [-0.4, -0.2) is 57.1 Å². The third-order valence-corrected chi connectivity index (χ3v) is 8.04. The predicted octanol–water partition coefficient (Wildman–Crippen LogP) is 4.25. The molecule has 3 rings (SSSR count). The second-order valence-corrected chi connectivity index (χ2v) is 11.6. The minimum absolute atomic E-state index is 0.0373. The number of methoxy groups -OCH3 is 1. The third kappa shape index (κ3) is 7.93. The van der Waals surface area contributed by atoms with Crippen LogP contribution in [0.1, 0.15) is 57.4 Å². The first-order chi connectivity index (χ1) is 18.1. The van der Waals surface area contributed by atoms with E-state index in [2.05, 4.69) is 5.32 Å². The van der Waals surface area contributed by atoms with Crippen LogP contribution in [0.2, 0.25) is 0 Å². The number of carbonyl (C=O) groups is 2. The maximum absolute atomic E-state index is 13.5. The molecule has 0 heterocycles. The van der Waals surface area contributed by atoms with Gasteiger partial charge in [-0.05, 0) is 55.5 Å². The molecule has 1 fully saturated rings. The van der Waals surface area contributed by atoms with Crippen LogP contribution < -0.4 is 14.4 Å². The summed E-state index contributed by atoms with van der Waals surface area (Å²) in [4.78, 5) is 28.3. The Hall–Kier alpha value is -3.14. The zero-order valence-electron chi connectivity index (χ0n) is 22.4. The van der Waals surface area contributed by atoms with Crippen molar-refractivity contribution in [2.24, 2.45) is 0 Å². The summed E-state index contributed by atoms with van der Waals surface area (Å²) in [5, 5.41) is 3.09. The number of nitrogens with zero attached hydrogens (tertiary/aromatic N) is 2. The lowest BCUT2D eigenvalue weighted by molar-refractivity contribution is -0.141. The van der Waals surface area contributed by atoms with E-state index in [9.17, 15) is 22.4 Å². The number of halogens is 1. The van der Waals surface area contributed by atoms with Gasteiger partial charge in [-0.25, -0.2) is 12.8 Å². The van der Waals surface area contributed by atoms with Crippen molar-refractivity contribution in [2.75, 3.05) is 24.2 Å². The maximum atomic E-state index is 13.5. The molecule has 8 nitrogen and oxygen atoms in total. The highest BCUT2D eigenvalue weighted by Gasteiger charge is 2.31. The molecule has 208 valence electrons. The van der Waals surface area contributed by atoms with E-state index in [1.165, 1.54) is 28.4 Å². The van der Waals surface area contributed by atoms with E-state index in [0.29, 0.717) is 23.4 Å². The summed E-state index contributed by atoms with van der Waals surface area (Å²) in [5.74, 6) is -0.426. The van der Waals surface area contributed by atoms with Gasteiger partial charge in [0.15, 0.2) is 0 Å². The Morgan fingerprint density at radius 2 is 1.76 bits per heavy atom. The Morgan fingerprint density at radius 3 is 2.37 bits per heavy atom. The predicted molar refractivity (Wildman–Crippen MR) is 146 cm³/mol. The molecule has 38 heavy (non-hydrogen) atoms.